The maximum Gasteiger partial charge on any atom is 0.360 e. The van der Waals surface area contributed by atoms with Gasteiger partial charge >= 0.3 is 5.97 Å². The molecule has 0 saturated heterocycles. The molecule has 94 valence electrons. The van der Waals surface area contributed by atoms with Crippen LogP contribution in [0.1, 0.15) is 37.0 Å². The summed E-state index contributed by atoms with van der Waals surface area (Å²) in [6, 6.07) is 0. The van der Waals surface area contributed by atoms with Gasteiger partial charge in [0, 0.05) is 13.1 Å². The Balaban J connectivity index is 2.27. The van der Waals surface area contributed by atoms with Crippen LogP contribution in [-0.4, -0.2) is 27.9 Å². The summed E-state index contributed by atoms with van der Waals surface area (Å²) < 4.78 is 8.12. The van der Waals surface area contributed by atoms with Crippen LogP contribution in [0.15, 0.2) is 0 Å². The van der Waals surface area contributed by atoms with Gasteiger partial charge in [-0.2, -0.15) is 5.10 Å². The molecule has 0 bridgehead atoms. The van der Waals surface area contributed by atoms with Gasteiger partial charge in [-0.15, -0.1) is 0 Å². The molecule has 0 aromatic carbocycles. The molecule has 2 heterocycles. The van der Waals surface area contributed by atoms with Gasteiger partial charge in [-0.1, -0.05) is 0 Å². The fourth-order valence-electron chi connectivity index (χ4n) is 1.68. The van der Waals surface area contributed by atoms with Crippen molar-refractivity contribution in [2.24, 2.45) is 0 Å². The lowest BCUT2D eigenvalue weighted by Gasteiger charge is -2.18. The normalized spacial score (nSPS) is 15.5. The van der Waals surface area contributed by atoms with E-state index in [4.69, 9.17) is 4.74 Å². The van der Waals surface area contributed by atoms with Crippen LogP contribution in [0.5, 0.6) is 0 Å². The molecule has 0 amide bonds. The minimum absolute atomic E-state index is 0.344. The molecule has 17 heavy (non-hydrogen) atoms. The molecule has 0 spiro atoms. The average molecular weight is 349 g/mol. The van der Waals surface area contributed by atoms with Gasteiger partial charge in [-0.05, 0) is 43.4 Å². The first-order valence-electron chi connectivity index (χ1n) is 5.58. The molecule has 0 radical (unpaired) electrons. The Morgan fingerprint density at radius 3 is 2.82 bits per heavy atom. The number of fused-ring (bicyclic) bond motifs is 1. The number of esters is 1. The van der Waals surface area contributed by atoms with E-state index in [0.717, 1.165) is 28.9 Å². The zero-order valence-corrected chi connectivity index (χ0v) is 12.4. The monoisotopic (exact) mass is 349 g/mol. The Morgan fingerprint density at radius 2 is 2.24 bits per heavy atom. The van der Waals surface area contributed by atoms with Crippen molar-refractivity contribution >= 4 is 28.6 Å². The Hall–Kier alpha value is -0.630. The fraction of sp³-hybridized carbons (Fsp3) is 0.636. The van der Waals surface area contributed by atoms with Crippen LogP contribution in [0.2, 0.25) is 0 Å². The standard InChI is InChI=1S/C11H16IN3O2/c1-11(2,3)17-10(16)9-8(12)7-6-13-4-5-15(7)14-9/h13H,4-6H2,1-3H3. The number of carbonyl (C=O) groups is 1. The Kier molecular flexibility index (Phi) is 3.44. The van der Waals surface area contributed by atoms with E-state index in [0.29, 0.717) is 5.69 Å². The van der Waals surface area contributed by atoms with Gasteiger partial charge in [0.2, 0.25) is 0 Å². The Morgan fingerprint density at radius 1 is 1.53 bits per heavy atom. The maximum atomic E-state index is 12.0. The first-order valence-corrected chi connectivity index (χ1v) is 6.65. The molecular formula is C11H16IN3O2. The highest BCUT2D eigenvalue weighted by molar-refractivity contribution is 14.1. The van der Waals surface area contributed by atoms with Crippen molar-refractivity contribution in [3.8, 4) is 0 Å². The highest BCUT2D eigenvalue weighted by Gasteiger charge is 2.26. The van der Waals surface area contributed by atoms with Crippen molar-refractivity contribution in [2.75, 3.05) is 6.54 Å². The molecule has 1 N–H and O–H groups in total. The van der Waals surface area contributed by atoms with Crippen molar-refractivity contribution in [3.63, 3.8) is 0 Å². The number of halogens is 1. The van der Waals surface area contributed by atoms with Crippen LogP contribution in [-0.2, 0) is 17.8 Å². The SMILES string of the molecule is CC(C)(C)OC(=O)c1nn2c(c1I)CNCC2. The number of nitrogens with zero attached hydrogens (tertiary/aromatic N) is 2. The van der Waals surface area contributed by atoms with Crippen LogP contribution < -0.4 is 5.32 Å². The molecule has 2 rings (SSSR count). The Labute approximate surface area is 114 Å². The molecule has 0 fully saturated rings. The largest absolute Gasteiger partial charge is 0.455 e. The van der Waals surface area contributed by atoms with Gasteiger partial charge in [-0.3, -0.25) is 4.68 Å². The summed E-state index contributed by atoms with van der Waals surface area (Å²) in [4.78, 5) is 12.0. The molecule has 0 unspecified atom stereocenters. The summed E-state index contributed by atoms with van der Waals surface area (Å²) in [5.41, 5.74) is 1.01. The number of hydrogen-bond acceptors (Lipinski definition) is 4. The molecule has 0 aliphatic carbocycles. The topological polar surface area (TPSA) is 56.1 Å². The van der Waals surface area contributed by atoms with Crippen molar-refractivity contribution < 1.29 is 9.53 Å². The maximum absolute atomic E-state index is 12.0. The molecular weight excluding hydrogens is 333 g/mol. The zero-order chi connectivity index (χ0) is 12.6. The fourth-order valence-corrected chi connectivity index (χ4v) is 2.47. The van der Waals surface area contributed by atoms with Crippen LogP contribution in [0.4, 0.5) is 0 Å². The zero-order valence-electron chi connectivity index (χ0n) is 10.2. The number of carbonyl (C=O) groups excluding carboxylic acids is 1. The van der Waals surface area contributed by atoms with Crippen molar-refractivity contribution in [1.82, 2.24) is 15.1 Å². The quantitative estimate of drug-likeness (QED) is 0.618. The smallest absolute Gasteiger partial charge is 0.360 e. The predicted molar refractivity (Wildman–Crippen MR) is 71.8 cm³/mol. The predicted octanol–water partition coefficient (Wildman–Crippen LogP) is 1.55. The van der Waals surface area contributed by atoms with Gasteiger partial charge in [0.15, 0.2) is 5.69 Å². The van der Waals surface area contributed by atoms with Crippen molar-refractivity contribution in [1.29, 1.82) is 0 Å². The minimum atomic E-state index is -0.484. The minimum Gasteiger partial charge on any atom is -0.455 e. The van der Waals surface area contributed by atoms with Crippen molar-refractivity contribution in [2.45, 2.75) is 39.5 Å². The molecule has 0 saturated carbocycles. The summed E-state index contributed by atoms with van der Waals surface area (Å²) >= 11 is 2.16. The summed E-state index contributed by atoms with van der Waals surface area (Å²) in [5.74, 6) is -0.344. The number of hydrogen-bond donors (Lipinski definition) is 1. The second kappa shape index (κ2) is 4.56. The lowest BCUT2D eigenvalue weighted by Crippen LogP contribution is -2.28. The van der Waals surface area contributed by atoms with Crippen LogP contribution >= 0.6 is 22.6 Å². The summed E-state index contributed by atoms with van der Waals surface area (Å²) in [7, 11) is 0. The van der Waals surface area contributed by atoms with E-state index in [1.165, 1.54) is 0 Å². The molecule has 0 atom stereocenters. The molecule has 1 aliphatic rings. The highest BCUT2D eigenvalue weighted by atomic mass is 127. The van der Waals surface area contributed by atoms with Gasteiger partial charge in [0.25, 0.3) is 0 Å². The number of ether oxygens (including phenoxy) is 1. The van der Waals surface area contributed by atoms with E-state index in [1.54, 1.807) is 0 Å². The van der Waals surface area contributed by atoms with Gasteiger partial charge in [0.05, 0.1) is 15.8 Å². The first kappa shape index (κ1) is 12.8. The van der Waals surface area contributed by atoms with Crippen LogP contribution in [0, 0.1) is 3.57 Å². The van der Waals surface area contributed by atoms with Gasteiger partial charge < -0.3 is 10.1 Å². The number of nitrogens with one attached hydrogen (secondary N) is 1. The third-order valence-electron chi connectivity index (χ3n) is 2.38. The molecule has 1 aromatic heterocycles. The highest BCUT2D eigenvalue weighted by Crippen LogP contribution is 2.21. The third kappa shape index (κ3) is 2.79. The van der Waals surface area contributed by atoms with E-state index in [9.17, 15) is 4.79 Å². The lowest BCUT2D eigenvalue weighted by atomic mass is 10.2. The molecule has 1 aromatic rings. The first-order chi connectivity index (χ1) is 7.88. The van der Waals surface area contributed by atoms with E-state index >= 15 is 0 Å². The molecule has 5 nitrogen and oxygen atoms in total. The van der Waals surface area contributed by atoms with Crippen LogP contribution in [0.25, 0.3) is 0 Å². The van der Waals surface area contributed by atoms with Crippen LogP contribution in [0.3, 0.4) is 0 Å². The average Bonchev–Trinajstić information content (AvgIpc) is 2.55. The number of aromatic nitrogens is 2. The summed E-state index contributed by atoms with van der Waals surface area (Å²) in [6.45, 7) is 8.01. The van der Waals surface area contributed by atoms with E-state index in [2.05, 4.69) is 33.0 Å². The second-order valence-corrected chi connectivity index (χ2v) is 6.09. The van der Waals surface area contributed by atoms with E-state index < -0.39 is 5.60 Å². The van der Waals surface area contributed by atoms with E-state index in [-0.39, 0.29) is 5.97 Å². The third-order valence-corrected chi connectivity index (χ3v) is 3.51. The summed E-state index contributed by atoms with van der Waals surface area (Å²) in [5, 5.41) is 7.59. The second-order valence-electron chi connectivity index (χ2n) is 5.01. The molecule has 1 aliphatic heterocycles. The van der Waals surface area contributed by atoms with Gasteiger partial charge in [-0.25, -0.2) is 4.79 Å². The van der Waals surface area contributed by atoms with E-state index in [1.807, 2.05) is 25.5 Å². The van der Waals surface area contributed by atoms with Crippen molar-refractivity contribution in [3.05, 3.63) is 15.0 Å². The number of rotatable bonds is 1. The Bertz CT molecular complexity index is 448. The molecule has 6 heteroatoms. The lowest BCUT2D eigenvalue weighted by molar-refractivity contribution is 0.00607. The summed E-state index contributed by atoms with van der Waals surface area (Å²) in [6.07, 6.45) is 0. The van der Waals surface area contributed by atoms with Gasteiger partial charge in [0.1, 0.15) is 5.60 Å².